The Labute approximate surface area is 162 Å². The first-order valence-corrected chi connectivity index (χ1v) is 9.55. The molecule has 0 unspecified atom stereocenters. The van der Waals surface area contributed by atoms with E-state index in [1.807, 2.05) is 29.6 Å². The normalized spacial score (nSPS) is 11.4. The summed E-state index contributed by atoms with van der Waals surface area (Å²) in [6.45, 7) is 6.68. The molecule has 27 heavy (non-hydrogen) atoms. The Bertz CT molecular complexity index is 911. The molecule has 7 heteroatoms. The van der Waals surface area contributed by atoms with Crippen molar-refractivity contribution < 1.29 is 13.9 Å². The molecule has 3 rings (SSSR count). The van der Waals surface area contributed by atoms with Gasteiger partial charge in [0.15, 0.2) is 0 Å². The van der Waals surface area contributed by atoms with Gasteiger partial charge in [-0.1, -0.05) is 32.9 Å². The number of benzene rings is 1. The number of nitrogens with zero attached hydrogens (tertiary/aromatic N) is 2. The molecule has 0 saturated heterocycles. The van der Waals surface area contributed by atoms with Crippen molar-refractivity contribution in [2.24, 2.45) is 5.41 Å². The van der Waals surface area contributed by atoms with Crippen LogP contribution in [0, 0.1) is 5.41 Å². The fraction of sp³-hybridized carbons (Fsp3) is 0.350. The van der Waals surface area contributed by atoms with Gasteiger partial charge in [0.2, 0.25) is 5.89 Å². The Morgan fingerprint density at radius 3 is 2.74 bits per heavy atom. The van der Waals surface area contributed by atoms with Crippen LogP contribution in [-0.4, -0.2) is 23.2 Å². The van der Waals surface area contributed by atoms with Crippen molar-refractivity contribution in [3.05, 3.63) is 52.7 Å². The molecule has 0 saturated carbocycles. The molecule has 142 valence electrons. The molecule has 2 aromatic heterocycles. The van der Waals surface area contributed by atoms with Crippen molar-refractivity contribution in [2.45, 2.75) is 33.7 Å². The van der Waals surface area contributed by atoms with Crippen LogP contribution in [0.3, 0.4) is 0 Å². The van der Waals surface area contributed by atoms with Gasteiger partial charge in [-0.05, 0) is 41.0 Å². The SMILES string of the molecule is COc1cc(CC(C)(C)C)ccc1C(=O)NCc1nnc(-c2cccs2)o1. The van der Waals surface area contributed by atoms with Crippen molar-refractivity contribution in [3.63, 3.8) is 0 Å². The zero-order valence-electron chi connectivity index (χ0n) is 15.9. The van der Waals surface area contributed by atoms with Crippen LogP contribution < -0.4 is 10.1 Å². The molecule has 0 aliphatic carbocycles. The number of nitrogens with one attached hydrogen (secondary N) is 1. The first-order chi connectivity index (χ1) is 12.9. The van der Waals surface area contributed by atoms with E-state index in [1.165, 1.54) is 11.3 Å². The summed E-state index contributed by atoms with van der Waals surface area (Å²) in [6, 6.07) is 9.50. The van der Waals surface area contributed by atoms with E-state index in [-0.39, 0.29) is 17.9 Å². The zero-order valence-corrected chi connectivity index (χ0v) is 16.7. The van der Waals surface area contributed by atoms with Crippen LogP contribution in [0.2, 0.25) is 0 Å². The third kappa shape index (κ3) is 4.95. The maximum atomic E-state index is 12.6. The quantitative estimate of drug-likeness (QED) is 0.683. The summed E-state index contributed by atoms with van der Waals surface area (Å²) >= 11 is 1.52. The smallest absolute Gasteiger partial charge is 0.257 e. The molecular formula is C20H23N3O3S. The van der Waals surface area contributed by atoms with Crippen molar-refractivity contribution in [1.29, 1.82) is 0 Å². The third-order valence-corrected chi connectivity index (χ3v) is 4.70. The Morgan fingerprint density at radius 2 is 2.07 bits per heavy atom. The average molecular weight is 385 g/mol. The maximum absolute atomic E-state index is 12.6. The van der Waals surface area contributed by atoms with E-state index in [9.17, 15) is 4.79 Å². The van der Waals surface area contributed by atoms with Gasteiger partial charge in [0.25, 0.3) is 11.8 Å². The lowest BCUT2D eigenvalue weighted by Crippen LogP contribution is -2.23. The summed E-state index contributed by atoms with van der Waals surface area (Å²) in [5, 5.41) is 12.7. The fourth-order valence-corrected chi connectivity index (χ4v) is 3.37. The molecule has 6 nitrogen and oxygen atoms in total. The van der Waals surface area contributed by atoms with Gasteiger partial charge < -0.3 is 14.5 Å². The first kappa shape index (κ1) is 19.1. The highest BCUT2D eigenvalue weighted by atomic mass is 32.1. The molecule has 0 atom stereocenters. The number of carbonyl (C=O) groups excluding carboxylic acids is 1. The molecule has 0 fully saturated rings. The number of ether oxygens (including phenoxy) is 1. The predicted octanol–water partition coefficient (Wildman–Crippen LogP) is 4.33. The third-order valence-electron chi connectivity index (χ3n) is 3.84. The Hall–Kier alpha value is -2.67. The molecule has 1 N–H and O–H groups in total. The molecule has 0 spiro atoms. The number of methoxy groups -OCH3 is 1. The van der Waals surface area contributed by atoms with Crippen molar-refractivity contribution >= 4 is 17.2 Å². The summed E-state index contributed by atoms with van der Waals surface area (Å²) in [5.74, 6) is 1.12. The van der Waals surface area contributed by atoms with Crippen LogP contribution in [-0.2, 0) is 13.0 Å². The lowest BCUT2D eigenvalue weighted by Gasteiger charge is -2.19. The molecule has 0 aliphatic rings. The monoisotopic (exact) mass is 385 g/mol. The van der Waals surface area contributed by atoms with Crippen molar-refractivity contribution in [2.75, 3.05) is 7.11 Å². The standard InChI is InChI=1S/C20H23N3O3S/c1-20(2,3)11-13-7-8-14(15(10-13)25-4)18(24)21-12-17-22-23-19(26-17)16-6-5-9-27-16/h5-10H,11-12H2,1-4H3,(H,21,24). The number of rotatable bonds is 6. The zero-order chi connectivity index (χ0) is 19.4. The number of amides is 1. The largest absolute Gasteiger partial charge is 0.496 e. The van der Waals surface area contributed by atoms with E-state index in [0.29, 0.717) is 23.1 Å². The molecule has 2 heterocycles. The minimum absolute atomic E-state index is 0.157. The number of hydrogen-bond donors (Lipinski definition) is 1. The summed E-state index contributed by atoms with van der Waals surface area (Å²) in [7, 11) is 1.57. The number of hydrogen-bond acceptors (Lipinski definition) is 6. The average Bonchev–Trinajstić information content (AvgIpc) is 3.29. The van der Waals surface area contributed by atoms with E-state index in [0.717, 1.165) is 16.9 Å². The second-order valence-corrected chi connectivity index (χ2v) is 8.38. The molecule has 1 aromatic carbocycles. The summed E-state index contributed by atoms with van der Waals surface area (Å²) in [6.07, 6.45) is 0.902. The molecule has 0 bridgehead atoms. The number of thiophene rings is 1. The van der Waals surface area contributed by atoms with Gasteiger partial charge in [0, 0.05) is 0 Å². The molecule has 0 radical (unpaired) electrons. The van der Waals surface area contributed by atoms with Crippen molar-refractivity contribution in [1.82, 2.24) is 15.5 Å². The molecule has 3 aromatic rings. The van der Waals surface area contributed by atoms with Gasteiger partial charge in [-0.3, -0.25) is 4.79 Å². The van der Waals surface area contributed by atoms with E-state index in [4.69, 9.17) is 9.15 Å². The topological polar surface area (TPSA) is 77.2 Å². The van der Waals surface area contributed by atoms with Crippen LogP contribution in [0.4, 0.5) is 0 Å². The van der Waals surface area contributed by atoms with Gasteiger partial charge in [0.05, 0.1) is 24.1 Å². The highest BCUT2D eigenvalue weighted by Gasteiger charge is 2.17. The highest BCUT2D eigenvalue weighted by Crippen LogP contribution is 2.26. The Balaban J connectivity index is 1.67. The van der Waals surface area contributed by atoms with E-state index >= 15 is 0 Å². The van der Waals surface area contributed by atoms with Gasteiger partial charge >= 0.3 is 0 Å². The maximum Gasteiger partial charge on any atom is 0.257 e. The second kappa shape index (κ2) is 7.92. The van der Waals surface area contributed by atoms with Crippen LogP contribution in [0.5, 0.6) is 5.75 Å². The highest BCUT2D eigenvalue weighted by molar-refractivity contribution is 7.13. The van der Waals surface area contributed by atoms with E-state index in [1.54, 1.807) is 13.2 Å². The summed E-state index contributed by atoms with van der Waals surface area (Å²) in [4.78, 5) is 13.5. The van der Waals surface area contributed by atoms with Crippen molar-refractivity contribution in [3.8, 4) is 16.5 Å². The minimum Gasteiger partial charge on any atom is -0.496 e. The minimum atomic E-state index is -0.245. The van der Waals surface area contributed by atoms with Gasteiger partial charge in [-0.25, -0.2) is 0 Å². The van der Waals surface area contributed by atoms with Gasteiger partial charge in [-0.15, -0.1) is 21.5 Å². The predicted molar refractivity (Wildman–Crippen MR) is 105 cm³/mol. The number of aromatic nitrogens is 2. The summed E-state index contributed by atoms with van der Waals surface area (Å²) < 4.78 is 11.0. The molecule has 1 amide bonds. The van der Waals surface area contributed by atoms with Gasteiger partial charge in [0.1, 0.15) is 5.75 Å². The van der Waals surface area contributed by atoms with Crippen LogP contribution in [0.1, 0.15) is 42.6 Å². The van der Waals surface area contributed by atoms with Crippen LogP contribution in [0.25, 0.3) is 10.8 Å². The van der Waals surface area contributed by atoms with Crippen LogP contribution in [0.15, 0.2) is 40.1 Å². The van der Waals surface area contributed by atoms with Crippen LogP contribution >= 0.6 is 11.3 Å². The first-order valence-electron chi connectivity index (χ1n) is 8.67. The van der Waals surface area contributed by atoms with Gasteiger partial charge in [-0.2, -0.15) is 0 Å². The molecule has 0 aliphatic heterocycles. The lowest BCUT2D eigenvalue weighted by molar-refractivity contribution is 0.0944. The second-order valence-electron chi connectivity index (χ2n) is 7.43. The number of carbonyl (C=O) groups is 1. The fourth-order valence-electron chi connectivity index (χ4n) is 2.72. The lowest BCUT2D eigenvalue weighted by atomic mass is 9.88. The van der Waals surface area contributed by atoms with E-state index in [2.05, 4.69) is 36.3 Å². The summed E-state index contributed by atoms with van der Waals surface area (Å²) in [5.41, 5.74) is 1.77. The Morgan fingerprint density at radius 1 is 1.26 bits per heavy atom. The molecular weight excluding hydrogens is 362 g/mol. The van der Waals surface area contributed by atoms with E-state index < -0.39 is 0 Å². The Kier molecular flexibility index (Phi) is 5.60.